The number of aromatic nitrogens is 2. The summed E-state index contributed by atoms with van der Waals surface area (Å²) in [6.45, 7) is 5.00. The molecule has 64 heavy (non-hydrogen) atoms. The van der Waals surface area contributed by atoms with E-state index < -0.39 is 36.0 Å². The number of nitrogens with one attached hydrogen (secondary N) is 5. The standard InChI is InChI=1S/C43H52F3N9O9/c44-43(45,46)64-35-7-2-1-4-29(35)26-51-42-52-27-30(24-47)38(54-42)50-25-28-8-10-31(11-9-28)48-14-16-60-18-20-62-22-23-63-21-19-61-17-15-49-33-6-3-5-32-37(33)41(59)55(40(32)58)34-12-13-36(56)53-39(34)57/h1-7,27-28,31,34,48-49H,8-23,25-26H2,(H,53,56,57)(H2,50,51,52,54). The highest BCUT2D eigenvalue weighted by molar-refractivity contribution is 6.25. The summed E-state index contributed by atoms with van der Waals surface area (Å²) in [5, 5.41) is 24.6. The molecular weight excluding hydrogens is 844 g/mol. The van der Waals surface area contributed by atoms with Gasteiger partial charge in [0.1, 0.15) is 29.2 Å². The molecule has 1 saturated carbocycles. The normalized spacial score (nSPS) is 18.7. The second-order valence-electron chi connectivity index (χ2n) is 15.2. The summed E-state index contributed by atoms with van der Waals surface area (Å²) in [5.41, 5.74) is 1.41. The van der Waals surface area contributed by atoms with Crippen LogP contribution in [0.15, 0.2) is 48.7 Å². The monoisotopic (exact) mass is 895 g/mol. The van der Waals surface area contributed by atoms with Crippen LogP contribution in [0.25, 0.3) is 0 Å². The maximum absolute atomic E-state index is 13.2. The van der Waals surface area contributed by atoms with E-state index in [1.54, 1.807) is 24.3 Å². The van der Waals surface area contributed by atoms with Crippen molar-refractivity contribution in [1.29, 1.82) is 5.26 Å². The number of hydrogen-bond donors (Lipinski definition) is 5. The van der Waals surface area contributed by atoms with Crippen molar-refractivity contribution in [3.63, 3.8) is 0 Å². The van der Waals surface area contributed by atoms with E-state index in [4.69, 9.17) is 18.9 Å². The van der Waals surface area contributed by atoms with Crippen molar-refractivity contribution in [3.8, 4) is 11.8 Å². The highest BCUT2D eigenvalue weighted by Gasteiger charge is 2.45. The average molecular weight is 896 g/mol. The van der Waals surface area contributed by atoms with Gasteiger partial charge in [0.15, 0.2) is 0 Å². The molecule has 2 aliphatic heterocycles. The first-order valence-corrected chi connectivity index (χ1v) is 21.2. The molecule has 1 atom stereocenters. The minimum Gasteiger partial charge on any atom is -0.405 e. The number of benzene rings is 2. The number of hydrogen-bond acceptors (Lipinski definition) is 16. The summed E-state index contributed by atoms with van der Waals surface area (Å²) in [7, 11) is 0. The quantitative estimate of drug-likeness (QED) is 0.0598. The van der Waals surface area contributed by atoms with Crippen molar-refractivity contribution in [2.24, 2.45) is 5.92 Å². The Balaban J connectivity index is 0.744. The van der Waals surface area contributed by atoms with Crippen LogP contribution < -0.4 is 31.3 Å². The Bertz CT molecular complexity index is 2110. The number of nitrogens with zero attached hydrogens (tertiary/aromatic N) is 4. The Kier molecular flexibility index (Phi) is 17.6. The number of ether oxygens (including phenoxy) is 5. The van der Waals surface area contributed by atoms with Gasteiger partial charge in [-0.15, -0.1) is 13.2 Å². The third kappa shape index (κ3) is 13.8. The van der Waals surface area contributed by atoms with Crippen molar-refractivity contribution in [3.05, 3.63) is 70.9 Å². The molecule has 21 heteroatoms. The highest BCUT2D eigenvalue weighted by atomic mass is 19.4. The van der Waals surface area contributed by atoms with Crippen LogP contribution in [-0.2, 0) is 35.1 Å². The van der Waals surface area contributed by atoms with Crippen LogP contribution in [0, 0.1) is 17.2 Å². The van der Waals surface area contributed by atoms with E-state index in [0.29, 0.717) is 89.4 Å². The number of halogens is 3. The van der Waals surface area contributed by atoms with Crippen LogP contribution >= 0.6 is 0 Å². The second-order valence-corrected chi connectivity index (χ2v) is 15.2. The third-order valence-electron chi connectivity index (χ3n) is 10.8. The number of nitriles is 1. The topological polar surface area (TPSA) is 227 Å². The number of alkyl halides is 3. The molecule has 1 aliphatic carbocycles. The minimum atomic E-state index is -4.82. The lowest BCUT2D eigenvalue weighted by atomic mass is 9.86. The van der Waals surface area contributed by atoms with Crippen LogP contribution in [0.3, 0.4) is 0 Å². The Labute approximate surface area is 367 Å². The number of fused-ring (bicyclic) bond motifs is 1. The fourth-order valence-corrected chi connectivity index (χ4v) is 7.56. The third-order valence-corrected chi connectivity index (χ3v) is 10.8. The van der Waals surface area contributed by atoms with E-state index in [9.17, 15) is 37.6 Å². The number of amides is 4. The van der Waals surface area contributed by atoms with Gasteiger partial charge < -0.3 is 45.0 Å². The van der Waals surface area contributed by atoms with E-state index in [2.05, 4.69) is 47.4 Å². The molecule has 1 saturated heterocycles. The lowest BCUT2D eigenvalue weighted by Crippen LogP contribution is -2.54. The van der Waals surface area contributed by atoms with Gasteiger partial charge in [0.25, 0.3) is 11.8 Å². The van der Waals surface area contributed by atoms with E-state index >= 15 is 0 Å². The van der Waals surface area contributed by atoms with E-state index in [1.807, 2.05) is 0 Å². The second kappa shape index (κ2) is 23.7. The summed E-state index contributed by atoms with van der Waals surface area (Å²) >= 11 is 0. The predicted molar refractivity (Wildman–Crippen MR) is 224 cm³/mol. The summed E-state index contributed by atoms with van der Waals surface area (Å²) in [6.07, 6.45) is 0.658. The molecule has 18 nitrogen and oxygen atoms in total. The van der Waals surface area contributed by atoms with Crippen molar-refractivity contribution in [2.75, 3.05) is 88.4 Å². The summed E-state index contributed by atoms with van der Waals surface area (Å²) in [5.74, 6) is -1.62. The lowest BCUT2D eigenvalue weighted by Gasteiger charge is -2.29. The van der Waals surface area contributed by atoms with Crippen molar-refractivity contribution >= 4 is 41.1 Å². The maximum atomic E-state index is 13.2. The number of para-hydroxylation sites is 1. The maximum Gasteiger partial charge on any atom is 0.573 e. The highest BCUT2D eigenvalue weighted by Crippen LogP contribution is 2.33. The van der Waals surface area contributed by atoms with Gasteiger partial charge in [-0.05, 0) is 56.2 Å². The van der Waals surface area contributed by atoms with Gasteiger partial charge in [0.05, 0.1) is 70.2 Å². The zero-order valence-electron chi connectivity index (χ0n) is 35.2. The first-order chi connectivity index (χ1) is 31.0. The van der Waals surface area contributed by atoms with Crippen LogP contribution in [0.5, 0.6) is 5.75 Å². The number of carbonyl (C=O) groups is 4. The SMILES string of the molecule is N#Cc1cnc(NCc2ccccc2OC(F)(F)F)nc1NCC1CCC(NCCOCCOCCOCCOCCNc2cccc3c2C(=O)N(C2CCC(=O)NC2=O)C3=O)CC1. The average Bonchev–Trinajstić information content (AvgIpc) is 3.53. The molecule has 1 aromatic heterocycles. The Morgan fingerprint density at radius 1 is 0.797 bits per heavy atom. The molecule has 6 rings (SSSR count). The van der Waals surface area contributed by atoms with Gasteiger partial charge in [-0.25, -0.2) is 4.98 Å². The molecule has 3 aromatic rings. The van der Waals surface area contributed by atoms with Gasteiger partial charge in [0, 0.05) is 49.9 Å². The number of piperidine rings is 1. The molecule has 0 radical (unpaired) electrons. The Hall–Kier alpha value is -5.92. The van der Waals surface area contributed by atoms with Gasteiger partial charge in [-0.1, -0.05) is 24.3 Å². The molecular formula is C43H52F3N9O9. The first-order valence-electron chi connectivity index (χ1n) is 21.2. The van der Waals surface area contributed by atoms with E-state index in [-0.39, 0.29) is 53.3 Å². The smallest absolute Gasteiger partial charge is 0.405 e. The number of rotatable bonds is 25. The molecule has 3 heterocycles. The Morgan fingerprint density at radius 3 is 2.17 bits per heavy atom. The molecule has 2 aromatic carbocycles. The van der Waals surface area contributed by atoms with Crippen LogP contribution in [0.4, 0.5) is 30.6 Å². The lowest BCUT2D eigenvalue weighted by molar-refractivity contribution is -0.274. The fraction of sp³-hybridized carbons (Fsp3) is 0.512. The summed E-state index contributed by atoms with van der Waals surface area (Å²) in [4.78, 5) is 59.6. The molecule has 5 N–H and O–H groups in total. The van der Waals surface area contributed by atoms with Crippen molar-refractivity contribution < 1.29 is 56.0 Å². The van der Waals surface area contributed by atoms with Crippen molar-refractivity contribution in [2.45, 2.75) is 63.5 Å². The van der Waals surface area contributed by atoms with Gasteiger partial charge in [-0.2, -0.15) is 10.2 Å². The van der Waals surface area contributed by atoms with Crippen molar-refractivity contribution in [1.82, 2.24) is 25.5 Å². The molecule has 0 spiro atoms. The fourth-order valence-electron chi connectivity index (χ4n) is 7.56. The number of anilines is 3. The molecule has 0 bridgehead atoms. The zero-order chi connectivity index (χ0) is 45.3. The molecule has 344 valence electrons. The molecule has 1 unspecified atom stereocenters. The van der Waals surface area contributed by atoms with Gasteiger partial charge in [0.2, 0.25) is 17.8 Å². The zero-order valence-corrected chi connectivity index (χ0v) is 35.2. The summed E-state index contributed by atoms with van der Waals surface area (Å²) < 4.78 is 65.0. The molecule has 2 fully saturated rings. The molecule has 4 amide bonds. The molecule has 3 aliphatic rings. The Morgan fingerprint density at radius 2 is 1.48 bits per heavy atom. The first kappa shape index (κ1) is 47.6. The van der Waals surface area contributed by atoms with Crippen LogP contribution in [0.2, 0.25) is 0 Å². The number of carbonyl (C=O) groups excluding carboxylic acids is 4. The minimum absolute atomic E-state index is 0.0124. The number of imide groups is 2. The van der Waals surface area contributed by atoms with Gasteiger partial charge >= 0.3 is 6.36 Å². The van der Waals surface area contributed by atoms with Crippen LogP contribution in [0.1, 0.15) is 70.4 Å². The van der Waals surface area contributed by atoms with E-state index in [0.717, 1.165) is 37.1 Å². The van der Waals surface area contributed by atoms with E-state index in [1.165, 1.54) is 24.4 Å². The van der Waals surface area contributed by atoms with Gasteiger partial charge in [-0.3, -0.25) is 29.4 Å². The van der Waals surface area contributed by atoms with Crippen LogP contribution in [-0.4, -0.2) is 129 Å². The summed E-state index contributed by atoms with van der Waals surface area (Å²) in [6, 6.07) is 12.1. The largest absolute Gasteiger partial charge is 0.573 e. The predicted octanol–water partition coefficient (Wildman–Crippen LogP) is 4.00.